The zero-order valence-electron chi connectivity index (χ0n) is 11.7. The number of rotatable bonds is 2. The highest BCUT2D eigenvalue weighted by Gasteiger charge is 2.44. The molecular formula is C15H28O2. The number of ether oxygens (including phenoxy) is 1. The topological polar surface area (TPSA) is 29.5 Å². The van der Waals surface area contributed by atoms with Crippen molar-refractivity contribution in [2.75, 3.05) is 0 Å². The summed E-state index contributed by atoms with van der Waals surface area (Å²) in [5.41, 5.74) is 0. The van der Waals surface area contributed by atoms with Gasteiger partial charge in [0.1, 0.15) is 0 Å². The van der Waals surface area contributed by atoms with Crippen LogP contribution in [0.15, 0.2) is 0 Å². The normalized spacial score (nSPS) is 49.2. The molecule has 2 heteroatoms. The van der Waals surface area contributed by atoms with Crippen molar-refractivity contribution in [3.05, 3.63) is 0 Å². The van der Waals surface area contributed by atoms with E-state index in [9.17, 15) is 5.11 Å². The largest absolute Gasteiger partial charge is 0.392 e. The minimum atomic E-state index is -0.160. The first-order valence-electron chi connectivity index (χ1n) is 7.34. The Hall–Kier alpha value is -0.0800. The minimum absolute atomic E-state index is 0.160. The summed E-state index contributed by atoms with van der Waals surface area (Å²) in [5, 5.41) is 10.7. The molecule has 7 unspecified atom stereocenters. The van der Waals surface area contributed by atoms with Crippen molar-refractivity contribution in [1.82, 2.24) is 0 Å². The van der Waals surface area contributed by atoms with Crippen LogP contribution in [0.1, 0.15) is 53.4 Å². The maximum Gasteiger partial charge on any atom is 0.0624 e. The van der Waals surface area contributed by atoms with Gasteiger partial charge in [-0.15, -0.1) is 0 Å². The molecule has 1 heterocycles. The van der Waals surface area contributed by atoms with Crippen LogP contribution >= 0.6 is 0 Å². The summed E-state index contributed by atoms with van der Waals surface area (Å²) in [6, 6.07) is 0. The smallest absolute Gasteiger partial charge is 0.0624 e. The van der Waals surface area contributed by atoms with Crippen molar-refractivity contribution in [2.45, 2.75) is 71.7 Å². The van der Waals surface area contributed by atoms with E-state index in [1.165, 1.54) is 25.7 Å². The fraction of sp³-hybridized carbons (Fsp3) is 1.00. The zero-order valence-corrected chi connectivity index (χ0v) is 11.7. The highest BCUT2D eigenvalue weighted by atomic mass is 16.5. The molecule has 2 rings (SSSR count). The van der Waals surface area contributed by atoms with Crippen LogP contribution in [-0.4, -0.2) is 23.4 Å². The van der Waals surface area contributed by atoms with Gasteiger partial charge in [-0.05, 0) is 44.4 Å². The van der Waals surface area contributed by atoms with E-state index in [4.69, 9.17) is 4.74 Å². The van der Waals surface area contributed by atoms with Gasteiger partial charge in [0.15, 0.2) is 0 Å². The molecule has 0 amide bonds. The average molecular weight is 240 g/mol. The summed E-state index contributed by atoms with van der Waals surface area (Å²) >= 11 is 0. The molecular weight excluding hydrogens is 212 g/mol. The molecule has 17 heavy (non-hydrogen) atoms. The Morgan fingerprint density at radius 3 is 2.29 bits per heavy atom. The standard InChI is InChI=1S/C15H28O2/c1-9-6-5-7-13(8-9)15(16)14-10(2)11(3)17-12(14)4/h9-16H,5-8H2,1-4H3. The van der Waals surface area contributed by atoms with Crippen LogP contribution in [0.25, 0.3) is 0 Å². The molecule has 0 bridgehead atoms. The van der Waals surface area contributed by atoms with Gasteiger partial charge in [0, 0.05) is 5.92 Å². The molecule has 0 radical (unpaired) electrons. The molecule has 2 nitrogen and oxygen atoms in total. The van der Waals surface area contributed by atoms with Crippen LogP contribution in [0.2, 0.25) is 0 Å². The summed E-state index contributed by atoms with van der Waals surface area (Å²) in [6.45, 7) is 8.81. The second kappa shape index (κ2) is 5.27. The van der Waals surface area contributed by atoms with Crippen molar-refractivity contribution in [3.8, 4) is 0 Å². The summed E-state index contributed by atoms with van der Waals surface area (Å²) in [5.74, 6) is 2.11. The van der Waals surface area contributed by atoms with Crippen molar-refractivity contribution in [3.63, 3.8) is 0 Å². The molecule has 7 atom stereocenters. The Bertz CT molecular complexity index is 253. The number of hydrogen-bond donors (Lipinski definition) is 1. The fourth-order valence-electron chi connectivity index (χ4n) is 3.99. The van der Waals surface area contributed by atoms with Crippen molar-refractivity contribution < 1.29 is 9.84 Å². The maximum atomic E-state index is 10.7. The average Bonchev–Trinajstić information content (AvgIpc) is 2.52. The SMILES string of the molecule is CC1CCCC(C(O)C2C(C)OC(C)C2C)C1. The Kier molecular flexibility index (Phi) is 4.14. The van der Waals surface area contributed by atoms with Crippen LogP contribution in [-0.2, 0) is 4.74 Å². The molecule has 0 spiro atoms. The Labute approximate surface area is 106 Å². The first kappa shape index (κ1) is 13.4. The lowest BCUT2D eigenvalue weighted by Crippen LogP contribution is -2.38. The molecule has 2 aliphatic rings. The van der Waals surface area contributed by atoms with Crippen molar-refractivity contribution in [1.29, 1.82) is 0 Å². The molecule has 1 saturated carbocycles. The molecule has 2 fully saturated rings. The van der Waals surface area contributed by atoms with Gasteiger partial charge >= 0.3 is 0 Å². The summed E-state index contributed by atoms with van der Waals surface area (Å²) in [4.78, 5) is 0. The Balaban J connectivity index is 2.01. The van der Waals surface area contributed by atoms with Gasteiger partial charge in [0.05, 0.1) is 18.3 Å². The van der Waals surface area contributed by atoms with Gasteiger partial charge in [-0.3, -0.25) is 0 Å². The monoisotopic (exact) mass is 240 g/mol. The fourth-order valence-corrected chi connectivity index (χ4v) is 3.99. The number of aliphatic hydroxyl groups is 1. The molecule has 0 aromatic carbocycles. The third kappa shape index (κ3) is 2.68. The Morgan fingerprint density at radius 2 is 1.76 bits per heavy atom. The summed E-state index contributed by atoms with van der Waals surface area (Å²) in [6.07, 6.45) is 5.38. The highest BCUT2D eigenvalue weighted by molar-refractivity contribution is 4.92. The van der Waals surface area contributed by atoms with E-state index in [-0.39, 0.29) is 12.2 Å². The van der Waals surface area contributed by atoms with Gasteiger partial charge in [-0.1, -0.05) is 26.7 Å². The van der Waals surface area contributed by atoms with E-state index in [1.54, 1.807) is 0 Å². The molecule has 1 aliphatic carbocycles. The van der Waals surface area contributed by atoms with Gasteiger partial charge in [0.25, 0.3) is 0 Å². The molecule has 1 N–H and O–H groups in total. The second-order valence-electron chi connectivity index (χ2n) is 6.51. The van der Waals surface area contributed by atoms with Crippen LogP contribution in [0.3, 0.4) is 0 Å². The molecule has 1 aliphatic heterocycles. The van der Waals surface area contributed by atoms with E-state index in [2.05, 4.69) is 27.7 Å². The maximum absolute atomic E-state index is 10.7. The van der Waals surface area contributed by atoms with E-state index < -0.39 is 0 Å². The summed E-state index contributed by atoms with van der Waals surface area (Å²) in [7, 11) is 0. The van der Waals surface area contributed by atoms with E-state index in [1.807, 2.05) is 0 Å². The van der Waals surface area contributed by atoms with Gasteiger partial charge in [0.2, 0.25) is 0 Å². The lowest BCUT2D eigenvalue weighted by Gasteiger charge is -2.35. The predicted molar refractivity (Wildman–Crippen MR) is 69.8 cm³/mol. The third-order valence-corrected chi connectivity index (χ3v) is 5.17. The molecule has 100 valence electrons. The summed E-state index contributed by atoms with van der Waals surface area (Å²) < 4.78 is 5.86. The number of aliphatic hydroxyl groups excluding tert-OH is 1. The van der Waals surface area contributed by atoms with E-state index in [0.29, 0.717) is 23.9 Å². The van der Waals surface area contributed by atoms with Crippen LogP contribution in [0.5, 0.6) is 0 Å². The molecule has 0 aromatic heterocycles. The van der Waals surface area contributed by atoms with E-state index >= 15 is 0 Å². The highest BCUT2D eigenvalue weighted by Crippen LogP contribution is 2.41. The van der Waals surface area contributed by atoms with Gasteiger partial charge < -0.3 is 9.84 Å². The molecule has 0 aromatic rings. The van der Waals surface area contributed by atoms with Crippen LogP contribution < -0.4 is 0 Å². The van der Waals surface area contributed by atoms with Crippen LogP contribution in [0.4, 0.5) is 0 Å². The van der Waals surface area contributed by atoms with E-state index in [0.717, 1.165) is 5.92 Å². The second-order valence-corrected chi connectivity index (χ2v) is 6.51. The van der Waals surface area contributed by atoms with Crippen molar-refractivity contribution >= 4 is 0 Å². The first-order valence-corrected chi connectivity index (χ1v) is 7.34. The Morgan fingerprint density at radius 1 is 1.06 bits per heavy atom. The minimum Gasteiger partial charge on any atom is -0.392 e. The van der Waals surface area contributed by atoms with Gasteiger partial charge in [-0.25, -0.2) is 0 Å². The van der Waals surface area contributed by atoms with Gasteiger partial charge in [-0.2, -0.15) is 0 Å². The zero-order chi connectivity index (χ0) is 12.6. The van der Waals surface area contributed by atoms with Crippen LogP contribution in [0, 0.1) is 23.7 Å². The third-order valence-electron chi connectivity index (χ3n) is 5.17. The lowest BCUT2D eigenvalue weighted by atomic mass is 9.72. The predicted octanol–water partition coefficient (Wildman–Crippen LogP) is 3.23. The lowest BCUT2D eigenvalue weighted by molar-refractivity contribution is -0.0152. The quantitative estimate of drug-likeness (QED) is 0.803. The molecule has 1 saturated heterocycles. The van der Waals surface area contributed by atoms with Crippen molar-refractivity contribution in [2.24, 2.45) is 23.7 Å². The number of hydrogen-bond acceptors (Lipinski definition) is 2. The first-order chi connectivity index (χ1) is 8.00.